The average Bonchev–Trinajstić information content (AvgIpc) is 4.08. The maximum absolute atomic E-state index is 14.4. The van der Waals surface area contributed by atoms with E-state index in [2.05, 4.69) is 25.7 Å². The van der Waals surface area contributed by atoms with Crippen molar-refractivity contribution in [2.75, 3.05) is 13.2 Å². The zero-order valence-electron chi connectivity index (χ0n) is 30.3. The van der Waals surface area contributed by atoms with Crippen molar-refractivity contribution < 1.29 is 37.1 Å². The number of fused-ring (bicyclic) bond motifs is 8. The molecule has 0 radical (unpaired) electrons. The Bertz CT molecular complexity index is 1930. The molecule has 4 N–H and O–H groups in total. The minimum Gasteiger partial charge on any atom is -0.494 e. The minimum absolute atomic E-state index is 0.0211. The van der Waals surface area contributed by atoms with E-state index in [4.69, 9.17) is 4.74 Å². The van der Waals surface area contributed by atoms with Gasteiger partial charge in [-0.05, 0) is 88.5 Å². The monoisotopic (exact) mass is 760 g/mol. The number of nitrogens with zero attached hydrogens (tertiary/aromatic N) is 2. The lowest BCUT2D eigenvalue weighted by Gasteiger charge is -2.30. The number of benzene rings is 1. The van der Waals surface area contributed by atoms with Crippen LogP contribution in [-0.2, 0) is 29.2 Å². The standard InChI is InChI=1S/C39H48N6O8S/c46-34-17-7-4-8-20-53-28-13-9-11-25(21-28)30-15-10-16-31(41-30)35(47)40-27-22-33-36(48)43-39(38(50)44-54(51,52)29-18-19-29)23-26(39)12-5-2-1-3-6-14-32(42-34)37(49)45(33)24-27/h5,9-13,15-16,21,26-27,29,32-33H,1-4,6-8,14,17-20,22-24H2,(H,40,47)(H,42,46)(H,43,48)(H,44,50)/t26-,27-,32+,33+,39-/m1/s1. The molecule has 0 spiro atoms. The first-order chi connectivity index (χ1) is 26.0. The molecule has 15 heteroatoms. The molecule has 2 aromatic rings. The van der Waals surface area contributed by atoms with Crippen LogP contribution in [0, 0.1) is 5.92 Å². The van der Waals surface area contributed by atoms with Crippen molar-refractivity contribution in [3.05, 3.63) is 60.3 Å². The van der Waals surface area contributed by atoms with Crippen LogP contribution in [0.4, 0.5) is 0 Å². The molecule has 7 rings (SSSR count). The number of allylic oxidation sites excluding steroid dienone is 1. The maximum atomic E-state index is 14.4. The van der Waals surface area contributed by atoms with Gasteiger partial charge < -0.3 is 25.6 Å². The number of hydrogen-bond acceptors (Lipinski definition) is 9. The molecule has 14 nitrogen and oxygen atoms in total. The Morgan fingerprint density at radius 3 is 2.56 bits per heavy atom. The molecule has 2 saturated carbocycles. The zero-order chi connectivity index (χ0) is 37.9. The summed E-state index contributed by atoms with van der Waals surface area (Å²) in [6, 6.07) is 9.89. The van der Waals surface area contributed by atoms with Gasteiger partial charge in [0.2, 0.25) is 27.7 Å². The van der Waals surface area contributed by atoms with Crippen molar-refractivity contribution >= 4 is 39.6 Å². The quantitative estimate of drug-likeness (QED) is 0.341. The van der Waals surface area contributed by atoms with Crippen LogP contribution < -0.4 is 25.4 Å². The second-order valence-electron chi connectivity index (χ2n) is 15.1. The molecule has 1 aromatic carbocycles. The molecular weight excluding hydrogens is 713 g/mol. The molecule has 0 unspecified atom stereocenters. The Kier molecular flexibility index (Phi) is 11.0. The van der Waals surface area contributed by atoms with Gasteiger partial charge in [-0.3, -0.25) is 28.7 Å². The van der Waals surface area contributed by atoms with Gasteiger partial charge >= 0.3 is 0 Å². The fourth-order valence-corrected chi connectivity index (χ4v) is 9.02. The molecule has 3 fully saturated rings. The van der Waals surface area contributed by atoms with Crippen molar-refractivity contribution in [3.8, 4) is 17.0 Å². The van der Waals surface area contributed by atoms with Crippen molar-refractivity contribution in [3.63, 3.8) is 0 Å². The van der Waals surface area contributed by atoms with E-state index in [0.717, 1.165) is 31.2 Å². The Morgan fingerprint density at radius 2 is 1.72 bits per heavy atom. The topological polar surface area (TPSA) is 193 Å². The number of carbonyl (C=O) groups excluding carboxylic acids is 5. The van der Waals surface area contributed by atoms with E-state index in [0.29, 0.717) is 56.6 Å². The number of aromatic nitrogens is 1. The predicted molar refractivity (Wildman–Crippen MR) is 198 cm³/mol. The van der Waals surface area contributed by atoms with E-state index in [9.17, 15) is 32.4 Å². The van der Waals surface area contributed by atoms with Gasteiger partial charge in [-0.2, -0.15) is 0 Å². The van der Waals surface area contributed by atoms with Gasteiger partial charge in [-0.15, -0.1) is 0 Å². The molecule has 1 aromatic heterocycles. The van der Waals surface area contributed by atoms with Crippen molar-refractivity contribution in [2.24, 2.45) is 5.92 Å². The van der Waals surface area contributed by atoms with Crippen LogP contribution in [0.5, 0.6) is 5.75 Å². The van der Waals surface area contributed by atoms with E-state index in [1.165, 1.54) is 4.90 Å². The third-order valence-corrected chi connectivity index (χ3v) is 12.8. The van der Waals surface area contributed by atoms with Crippen LogP contribution in [-0.4, -0.2) is 89.9 Å². The predicted octanol–water partition coefficient (Wildman–Crippen LogP) is 2.89. The van der Waals surface area contributed by atoms with Gasteiger partial charge in [-0.25, -0.2) is 13.4 Å². The number of ether oxygens (including phenoxy) is 1. The summed E-state index contributed by atoms with van der Waals surface area (Å²) in [5.41, 5.74) is -0.0224. The number of rotatable bonds is 3. The maximum Gasteiger partial charge on any atom is 0.270 e. The number of sulfonamides is 1. The van der Waals surface area contributed by atoms with Crippen LogP contribution in [0.15, 0.2) is 54.6 Å². The van der Waals surface area contributed by atoms with Gasteiger partial charge in [0.05, 0.1) is 17.6 Å². The van der Waals surface area contributed by atoms with Crippen LogP contribution in [0.25, 0.3) is 11.3 Å². The first-order valence-corrected chi connectivity index (χ1v) is 20.7. The number of hydrogen-bond donors (Lipinski definition) is 4. The highest BCUT2D eigenvalue weighted by Gasteiger charge is 2.62. The highest BCUT2D eigenvalue weighted by Crippen LogP contribution is 2.46. The summed E-state index contributed by atoms with van der Waals surface area (Å²) in [4.78, 5) is 75.3. The summed E-state index contributed by atoms with van der Waals surface area (Å²) < 4.78 is 33.8. The van der Waals surface area contributed by atoms with Gasteiger partial charge in [0.25, 0.3) is 11.8 Å². The van der Waals surface area contributed by atoms with Crippen molar-refractivity contribution in [1.82, 2.24) is 30.6 Å². The molecule has 54 heavy (non-hydrogen) atoms. The number of amides is 5. The lowest BCUT2D eigenvalue weighted by atomic mass is 10.0. The lowest BCUT2D eigenvalue weighted by molar-refractivity contribution is -0.142. The highest BCUT2D eigenvalue weighted by molar-refractivity contribution is 7.91. The summed E-state index contributed by atoms with van der Waals surface area (Å²) >= 11 is 0. The molecule has 5 aliphatic rings. The minimum atomic E-state index is -3.89. The van der Waals surface area contributed by atoms with Crippen LogP contribution in [0.3, 0.4) is 0 Å². The first-order valence-electron chi connectivity index (χ1n) is 19.2. The third-order valence-electron chi connectivity index (χ3n) is 11.0. The van der Waals surface area contributed by atoms with E-state index in [1.54, 1.807) is 18.2 Å². The Labute approximate surface area is 315 Å². The molecule has 5 atom stereocenters. The fraction of sp³-hybridized carbons (Fsp3) is 0.538. The lowest BCUT2D eigenvalue weighted by Crippen LogP contribution is -2.58. The molecule has 2 aliphatic carbocycles. The largest absolute Gasteiger partial charge is 0.494 e. The summed E-state index contributed by atoms with van der Waals surface area (Å²) in [5, 5.41) is 8.13. The Hall–Kier alpha value is -4.79. The van der Waals surface area contributed by atoms with Gasteiger partial charge in [0.1, 0.15) is 29.1 Å². The van der Waals surface area contributed by atoms with Gasteiger partial charge in [0.15, 0.2) is 0 Å². The average molecular weight is 761 g/mol. The first kappa shape index (κ1) is 37.5. The van der Waals surface area contributed by atoms with Crippen molar-refractivity contribution in [2.45, 2.75) is 112 Å². The van der Waals surface area contributed by atoms with Gasteiger partial charge in [0, 0.05) is 30.5 Å². The van der Waals surface area contributed by atoms with Crippen molar-refractivity contribution in [1.29, 1.82) is 0 Å². The second kappa shape index (κ2) is 15.9. The molecule has 4 heterocycles. The molecular formula is C39H48N6O8S. The fourth-order valence-electron chi connectivity index (χ4n) is 7.65. The van der Waals surface area contributed by atoms with Crippen LogP contribution >= 0.6 is 0 Å². The summed E-state index contributed by atoms with van der Waals surface area (Å²) in [7, 11) is -3.89. The summed E-state index contributed by atoms with van der Waals surface area (Å²) in [6.45, 7) is 0.434. The molecule has 288 valence electrons. The third kappa shape index (κ3) is 8.61. The molecule has 3 aliphatic heterocycles. The van der Waals surface area contributed by atoms with Gasteiger partial charge in [-0.1, -0.05) is 43.2 Å². The number of carbonyl (C=O) groups is 5. The zero-order valence-corrected chi connectivity index (χ0v) is 31.1. The smallest absolute Gasteiger partial charge is 0.270 e. The Morgan fingerprint density at radius 1 is 0.926 bits per heavy atom. The van der Waals surface area contributed by atoms with E-state index in [1.807, 2.05) is 36.4 Å². The van der Waals surface area contributed by atoms with Crippen LogP contribution in [0.2, 0.25) is 0 Å². The van der Waals surface area contributed by atoms with Crippen LogP contribution in [0.1, 0.15) is 94.0 Å². The number of pyridine rings is 1. The SMILES string of the molecule is O=C1CCCCCOc2cccc(c2)-c2cccc(n2)C(=O)N[C@@H]2C[C@H]3C(=O)N[C@]4(C(=O)NS(=O)(=O)C5CC5)C[C@H]4C=CCCCCC[C@H](N1)C(=O)N3C2. The van der Waals surface area contributed by atoms with E-state index < -0.39 is 68.5 Å². The highest BCUT2D eigenvalue weighted by atomic mass is 32.2. The molecule has 7 bridgehead atoms. The second-order valence-corrected chi connectivity index (χ2v) is 17.1. The summed E-state index contributed by atoms with van der Waals surface area (Å²) in [6.07, 6.45) is 10.6. The number of nitrogens with one attached hydrogen (secondary N) is 4. The summed E-state index contributed by atoms with van der Waals surface area (Å²) in [5.74, 6) is -2.40. The Balaban J connectivity index is 1.19. The molecule has 1 saturated heterocycles. The van der Waals surface area contributed by atoms with E-state index in [-0.39, 0.29) is 37.4 Å². The molecule has 5 amide bonds. The van der Waals surface area contributed by atoms with E-state index >= 15 is 0 Å². The normalized spacial score (nSPS) is 28.5.